The molecule has 0 saturated heterocycles. The van der Waals surface area contributed by atoms with E-state index in [9.17, 15) is 0 Å². The third-order valence-electron chi connectivity index (χ3n) is 2.71. The Morgan fingerprint density at radius 1 is 1.20 bits per heavy atom. The summed E-state index contributed by atoms with van der Waals surface area (Å²) in [5.41, 5.74) is 11.8. The van der Waals surface area contributed by atoms with Gasteiger partial charge in [0.15, 0.2) is 5.82 Å². The molecule has 15 heavy (non-hydrogen) atoms. The molecule has 2 unspecified atom stereocenters. The highest BCUT2D eigenvalue weighted by Gasteiger charge is 2.23. The Kier molecular flexibility index (Phi) is 3.43. The molecule has 0 amide bonds. The van der Waals surface area contributed by atoms with Gasteiger partial charge in [0.1, 0.15) is 5.03 Å². The number of aromatic nitrogens is 2. The normalized spacial score (nSPS) is 26.5. The SMILES string of the molecule is Nc1nccnc1SC1CCCCC1N. The molecule has 5 heteroatoms. The Morgan fingerprint density at radius 2 is 1.93 bits per heavy atom. The topological polar surface area (TPSA) is 77.8 Å². The molecule has 1 aliphatic rings. The number of thioether (sulfide) groups is 1. The summed E-state index contributed by atoms with van der Waals surface area (Å²) < 4.78 is 0. The first-order chi connectivity index (χ1) is 7.27. The minimum absolute atomic E-state index is 0.269. The van der Waals surface area contributed by atoms with Gasteiger partial charge in [0.25, 0.3) is 0 Å². The molecule has 0 aromatic carbocycles. The van der Waals surface area contributed by atoms with E-state index in [1.807, 2.05) is 0 Å². The first-order valence-electron chi connectivity index (χ1n) is 5.26. The van der Waals surface area contributed by atoms with Gasteiger partial charge in [-0.3, -0.25) is 0 Å². The number of hydrogen-bond donors (Lipinski definition) is 2. The van der Waals surface area contributed by atoms with Gasteiger partial charge in [-0.25, -0.2) is 9.97 Å². The van der Waals surface area contributed by atoms with Crippen LogP contribution >= 0.6 is 11.8 Å². The zero-order chi connectivity index (χ0) is 10.7. The van der Waals surface area contributed by atoms with Gasteiger partial charge in [-0.2, -0.15) is 0 Å². The van der Waals surface area contributed by atoms with Crippen molar-refractivity contribution in [1.82, 2.24) is 9.97 Å². The second-order valence-electron chi connectivity index (χ2n) is 3.85. The molecule has 0 radical (unpaired) electrons. The van der Waals surface area contributed by atoms with Crippen molar-refractivity contribution in [2.75, 3.05) is 5.73 Å². The van der Waals surface area contributed by atoms with Gasteiger partial charge < -0.3 is 11.5 Å². The molecule has 4 nitrogen and oxygen atoms in total. The van der Waals surface area contributed by atoms with E-state index < -0.39 is 0 Å². The molecule has 0 spiro atoms. The second kappa shape index (κ2) is 4.81. The van der Waals surface area contributed by atoms with Crippen molar-refractivity contribution in [3.63, 3.8) is 0 Å². The monoisotopic (exact) mass is 224 g/mol. The molecule has 0 bridgehead atoms. The van der Waals surface area contributed by atoms with Crippen LogP contribution in [-0.4, -0.2) is 21.3 Å². The van der Waals surface area contributed by atoms with E-state index >= 15 is 0 Å². The maximum atomic E-state index is 6.07. The molecule has 2 rings (SSSR count). The van der Waals surface area contributed by atoms with Gasteiger partial charge in [0, 0.05) is 23.7 Å². The van der Waals surface area contributed by atoms with Crippen molar-refractivity contribution in [1.29, 1.82) is 0 Å². The number of anilines is 1. The lowest BCUT2D eigenvalue weighted by Gasteiger charge is -2.27. The molecule has 1 aromatic rings. The number of nitrogen functional groups attached to an aromatic ring is 1. The zero-order valence-corrected chi connectivity index (χ0v) is 9.41. The van der Waals surface area contributed by atoms with E-state index in [1.165, 1.54) is 12.8 Å². The van der Waals surface area contributed by atoms with Gasteiger partial charge in [-0.1, -0.05) is 24.6 Å². The first kappa shape index (κ1) is 10.7. The summed E-state index contributed by atoms with van der Waals surface area (Å²) in [7, 11) is 0. The molecule has 1 heterocycles. The minimum Gasteiger partial charge on any atom is -0.381 e. The van der Waals surface area contributed by atoms with Gasteiger partial charge in [0.05, 0.1) is 0 Å². The molecule has 4 N–H and O–H groups in total. The van der Waals surface area contributed by atoms with Crippen LogP contribution in [0, 0.1) is 0 Å². The summed E-state index contributed by atoms with van der Waals surface area (Å²) in [6.45, 7) is 0. The van der Waals surface area contributed by atoms with E-state index in [-0.39, 0.29) is 6.04 Å². The highest BCUT2D eigenvalue weighted by Crippen LogP contribution is 2.33. The van der Waals surface area contributed by atoms with Gasteiger partial charge in [-0.15, -0.1) is 0 Å². The maximum absolute atomic E-state index is 6.07. The average Bonchev–Trinajstić information content (AvgIpc) is 2.24. The Hall–Kier alpha value is -0.810. The standard InChI is InChI=1S/C10H16N4S/c11-7-3-1-2-4-8(7)15-10-9(12)13-5-6-14-10/h5-8H,1-4,11H2,(H2,12,13). The quantitative estimate of drug-likeness (QED) is 0.794. The van der Waals surface area contributed by atoms with Crippen molar-refractivity contribution in [2.24, 2.45) is 5.73 Å². The van der Waals surface area contributed by atoms with E-state index in [1.54, 1.807) is 24.2 Å². The Morgan fingerprint density at radius 3 is 2.67 bits per heavy atom. The summed E-state index contributed by atoms with van der Waals surface area (Å²) >= 11 is 1.68. The third-order valence-corrected chi connectivity index (χ3v) is 4.13. The van der Waals surface area contributed by atoms with Gasteiger partial charge in [0.2, 0.25) is 0 Å². The van der Waals surface area contributed by atoms with Crippen LogP contribution in [0.5, 0.6) is 0 Å². The van der Waals surface area contributed by atoms with Crippen LogP contribution in [0.2, 0.25) is 0 Å². The summed E-state index contributed by atoms with van der Waals surface area (Å²) in [5.74, 6) is 0.514. The smallest absolute Gasteiger partial charge is 0.156 e. The summed E-state index contributed by atoms with van der Waals surface area (Å²) in [5, 5.41) is 1.26. The van der Waals surface area contributed by atoms with E-state index in [2.05, 4.69) is 9.97 Å². The molecule has 1 aliphatic carbocycles. The first-order valence-corrected chi connectivity index (χ1v) is 6.14. The van der Waals surface area contributed by atoms with Crippen molar-refractivity contribution in [3.8, 4) is 0 Å². The molecule has 82 valence electrons. The lowest BCUT2D eigenvalue weighted by atomic mass is 9.96. The van der Waals surface area contributed by atoms with Crippen LogP contribution in [-0.2, 0) is 0 Å². The molecule has 1 aromatic heterocycles. The van der Waals surface area contributed by atoms with Crippen molar-refractivity contribution in [2.45, 2.75) is 42.0 Å². The number of nitrogens with zero attached hydrogens (tertiary/aromatic N) is 2. The van der Waals surface area contributed by atoms with Crippen molar-refractivity contribution >= 4 is 17.6 Å². The maximum Gasteiger partial charge on any atom is 0.156 e. The largest absolute Gasteiger partial charge is 0.381 e. The fraction of sp³-hybridized carbons (Fsp3) is 0.600. The predicted molar refractivity (Wildman–Crippen MR) is 62.5 cm³/mol. The van der Waals surface area contributed by atoms with Crippen LogP contribution in [0.25, 0.3) is 0 Å². The molecule has 0 aliphatic heterocycles. The van der Waals surface area contributed by atoms with Crippen molar-refractivity contribution in [3.05, 3.63) is 12.4 Å². The fourth-order valence-electron chi connectivity index (χ4n) is 1.84. The van der Waals surface area contributed by atoms with Gasteiger partial charge in [-0.05, 0) is 12.8 Å². The summed E-state index contributed by atoms with van der Waals surface area (Å²) in [6, 6.07) is 0.269. The highest BCUT2D eigenvalue weighted by molar-refractivity contribution is 8.00. The van der Waals surface area contributed by atoms with Crippen molar-refractivity contribution < 1.29 is 0 Å². The predicted octanol–water partition coefficient (Wildman–Crippen LogP) is 1.42. The lowest BCUT2D eigenvalue weighted by Crippen LogP contribution is -2.35. The van der Waals surface area contributed by atoms with Crippen LogP contribution < -0.4 is 11.5 Å². The highest BCUT2D eigenvalue weighted by atomic mass is 32.2. The Balaban J connectivity index is 2.04. The molecular weight excluding hydrogens is 208 g/mol. The van der Waals surface area contributed by atoms with E-state index in [4.69, 9.17) is 11.5 Å². The van der Waals surface area contributed by atoms with E-state index in [0.717, 1.165) is 17.9 Å². The molecular formula is C10H16N4S. The average molecular weight is 224 g/mol. The van der Waals surface area contributed by atoms with Crippen LogP contribution in [0.4, 0.5) is 5.82 Å². The molecule has 1 saturated carbocycles. The number of rotatable bonds is 2. The lowest BCUT2D eigenvalue weighted by molar-refractivity contribution is 0.453. The number of hydrogen-bond acceptors (Lipinski definition) is 5. The zero-order valence-electron chi connectivity index (χ0n) is 8.60. The van der Waals surface area contributed by atoms with Crippen LogP contribution in [0.15, 0.2) is 17.4 Å². The van der Waals surface area contributed by atoms with Crippen LogP contribution in [0.3, 0.4) is 0 Å². The van der Waals surface area contributed by atoms with E-state index in [0.29, 0.717) is 11.1 Å². The second-order valence-corrected chi connectivity index (χ2v) is 5.08. The Labute approximate surface area is 93.9 Å². The van der Waals surface area contributed by atoms with Gasteiger partial charge >= 0.3 is 0 Å². The summed E-state index contributed by atoms with van der Waals surface area (Å²) in [4.78, 5) is 8.25. The Bertz CT molecular complexity index is 331. The number of nitrogens with two attached hydrogens (primary N) is 2. The molecule has 2 atom stereocenters. The fourth-order valence-corrected chi connectivity index (χ4v) is 3.02. The minimum atomic E-state index is 0.269. The third kappa shape index (κ3) is 2.60. The summed E-state index contributed by atoms with van der Waals surface area (Å²) in [6.07, 6.45) is 8.05. The van der Waals surface area contributed by atoms with Crippen LogP contribution in [0.1, 0.15) is 25.7 Å². The molecule has 1 fully saturated rings.